The molecule has 2 saturated heterocycles. The number of aliphatic imine (C=N–C) groups is 1. The largest absolute Gasteiger partial charge is 0.378 e. The van der Waals surface area contributed by atoms with Gasteiger partial charge in [0.1, 0.15) is 0 Å². The molecular formula is C22H33N5O2. The number of carbonyl (C=O) groups is 1. The number of hydrogen-bond acceptors (Lipinski definition) is 4. The van der Waals surface area contributed by atoms with E-state index in [1.807, 2.05) is 4.90 Å². The van der Waals surface area contributed by atoms with E-state index in [1.165, 1.54) is 12.0 Å². The molecule has 1 N–H and O–H groups in total. The van der Waals surface area contributed by atoms with Gasteiger partial charge in [-0.25, -0.2) is 0 Å². The summed E-state index contributed by atoms with van der Waals surface area (Å²) >= 11 is 0. The van der Waals surface area contributed by atoms with Crippen molar-refractivity contribution in [3.63, 3.8) is 0 Å². The minimum absolute atomic E-state index is 0.228. The normalized spacial score (nSPS) is 25.8. The zero-order chi connectivity index (χ0) is 20.1. The van der Waals surface area contributed by atoms with Gasteiger partial charge < -0.3 is 19.9 Å². The Bertz CT molecular complexity index is 696. The SMILES string of the molecule is CCN=C(NC1CC1c1ccccc1)N1CCN(CC(=O)N2CCOCC2)CC1. The van der Waals surface area contributed by atoms with Crippen LogP contribution in [0.3, 0.4) is 0 Å². The van der Waals surface area contributed by atoms with Crippen LogP contribution in [-0.4, -0.2) is 98.2 Å². The molecule has 158 valence electrons. The predicted octanol–water partition coefficient (Wildman–Crippen LogP) is 0.984. The predicted molar refractivity (Wildman–Crippen MR) is 114 cm³/mol. The first kappa shape index (κ1) is 20.2. The van der Waals surface area contributed by atoms with Gasteiger partial charge in [-0.1, -0.05) is 30.3 Å². The molecule has 7 heteroatoms. The Morgan fingerprint density at radius 3 is 2.48 bits per heavy atom. The number of morpholine rings is 1. The molecular weight excluding hydrogens is 366 g/mol. The summed E-state index contributed by atoms with van der Waals surface area (Å²) in [5.41, 5.74) is 1.41. The lowest BCUT2D eigenvalue weighted by molar-refractivity contribution is -0.136. The number of amides is 1. The van der Waals surface area contributed by atoms with Crippen LogP contribution in [0.4, 0.5) is 0 Å². The Labute approximate surface area is 173 Å². The molecule has 29 heavy (non-hydrogen) atoms. The molecule has 2 aliphatic heterocycles. The molecule has 0 spiro atoms. The van der Waals surface area contributed by atoms with E-state index in [9.17, 15) is 4.79 Å². The average Bonchev–Trinajstić information content (AvgIpc) is 3.54. The van der Waals surface area contributed by atoms with Crippen molar-refractivity contribution in [3.8, 4) is 0 Å². The molecule has 4 rings (SSSR count). The van der Waals surface area contributed by atoms with Crippen LogP contribution in [0.2, 0.25) is 0 Å². The average molecular weight is 400 g/mol. The maximum atomic E-state index is 12.5. The van der Waals surface area contributed by atoms with E-state index in [4.69, 9.17) is 9.73 Å². The third-order valence-electron chi connectivity index (χ3n) is 6.04. The van der Waals surface area contributed by atoms with Crippen molar-refractivity contribution in [1.82, 2.24) is 20.0 Å². The van der Waals surface area contributed by atoms with Gasteiger partial charge in [0.25, 0.3) is 0 Å². The summed E-state index contributed by atoms with van der Waals surface area (Å²) in [6.45, 7) is 9.75. The van der Waals surface area contributed by atoms with Crippen LogP contribution in [-0.2, 0) is 9.53 Å². The molecule has 0 radical (unpaired) electrons. The molecule has 2 unspecified atom stereocenters. The number of benzene rings is 1. The van der Waals surface area contributed by atoms with Crippen LogP contribution in [0.5, 0.6) is 0 Å². The van der Waals surface area contributed by atoms with E-state index in [0.29, 0.717) is 31.7 Å². The maximum absolute atomic E-state index is 12.5. The summed E-state index contributed by atoms with van der Waals surface area (Å²) in [5, 5.41) is 3.69. The molecule has 1 saturated carbocycles. The van der Waals surface area contributed by atoms with Gasteiger partial charge in [0, 0.05) is 57.8 Å². The fourth-order valence-electron chi connectivity index (χ4n) is 4.20. The van der Waals surface area contributed by atoms with Crippen molar-refractivity contribution in [1.29, 1.82) is 0 Å². The maximum Gasteiger partial charge on any atom is 0.236 e. The lowest BCUT2D eigenvalue weighted by Crippen LogP contribution is -2.55. The second-order valence-corrected chi connectivity index (χ2v) is 8.06. The molecule has 2 heterocycles. The van der Waals surface area contributed by atoms with Gasteiger partial charge >= 0.3 is 0 Å². The van der Waals surface area contributed by atoms with Crippen LogP contribution in [0.1, 0.15) is 24.8 Å². The zero-order valence-electron chi connectivity index (χ0n) is 17.4. The van der Waals surface area contributed by atoms with E-state index < -0.39 is 0 Å². The minimum atomic E-state index is 0.228. The van der Waals surface area contributed by atoms with Gasteiger partial charge in [-0.15, -0.1) is 0 Å². The third kappa shape index (κ3) is 5.28. The smallest absolute Gasteiger partial charge is 0.236 e. The molecule has 1 aromatic rings. The molecule has 3 fully saturated rings. The summed E-state index contributed by atoms with van der Waals surface area (Å²) in [6, 6.07) is 11.2. The topological polar surface area (TPSA) is 60.4 Å². The molecule has 2 atom stereocenters. The van der Waals surface area contributed by atoms with E-state index in [0.717, 1.165) is 51.8 Å². The van der Waals surface area contributed by atoms with E-state index in [1.54, 1.807) is 0 Å². The van der Waals surface area contributed by atoms with Crippen LogP contribution >= 0.6 is 0 Å². The summed E-state index contributed by atoms with van der Waals surface area (Å²) < 4.78 is 5.34. The van der Waals surface area contributed by atoms with Gasteiger partial charge in [-0.05, 0) is 18.9 Å². The highest BCUT2D eigenvalue weighted by Crippen LogP contribution is 2.40. The number of guanidine groups is 1. The van der Waals surface area contributed by atoms with E-state index in [2.05, 4.69) is 52.4 Å². The zero-order valence-corrected chi connectivity index (χ0v) is 17.4. The van der Waals surface area contributed by atoms with Crippen molar-refractivity contribution in [2.75, 3.05) is 65.6 Å². The molecule has 3 aliphatic rings. The fraction of sp³-hybridized carbons (Fsp3) is 0.636. The van der Waals surface area contributed by atoms with Crippen LogP contribution < -0.4 is 5.32 Å². The van der Waals surface area contributed by atoms with Gasteiger partial charge in [0.05, 0.1) is 19.8 Å². The fourth-order valence-corrected chi connectivity index (χ4v) is 4.20. The second kappa shape index (κ2) is 9.59. The van der Waals surface area contributed by atoms with Crippen molar-refractivity contribution in [2.45, 2.75) is 25.3 Å². The highest BCUT2D eigenvalue weighted by Gasteiger charge is 2.39. The lowest BCUT2D eigenvalue weighted by atomic mass is 10.1. The molecule has 7 nitrogen and oxygen atoms in total. The van der Waals surface area contributed by atoms with Crippen molar-refractivity contribution in [2.24, 2.45) is 4.99 Å². The third-order valence-corrected chi connectivity index (χ3v) is 6.04. The Morgan fingerprint density at radius 1 is 1.07 bits per heavy atom. The van der Waals surface area contributed by atoms with Crippen molar-refractivity contribution < 1.29 is 9.53 Å². The number of nitrogens with one attached hydrogen (secondary N) is 1. The van der Waals surface area contributed by atoms with Gasteiger partial charge in [-0.2, -0.15) is 0 Å². The first-order valence-corrected chi connectivity index (χ1v) is 10.9. The monoisotopic (exact) mass is 399 g/mol. The number of carbonyl (C=O) groups excluding carboxylic acids is 1. The van der Waals surface area contributed by atoms with Gasteiger partial charge in [-0.3, -0.25) is 14.7 Å². The first-order valence-electron chi connectivity index (χ1n) is 10.9. The minimum Gasteiger partial charge on any atom is -0.378 e. The molecule has 1 aromatic carbocycles. The Hall–Kier alpha value is -2.12. The Morgan fingerprint density at radius 2 is 1.79 bits per heavy atom. The van der Waals surface area contributed by atoms with E-state index >= 15 is 0 Å². The van der Waals surface area contributed by atoms with Crippen molar-refractivity contribution in [3.05, 3.63) is 35.9 Å². The van der Waals surface area contributed by atoms with Gasteiger partial charge in [0.2, 0.25) is 5.91 Å². The quantitative estimate of drug-likeness (QED) is 0.591. The van der Waals surface area contributed by atoms with Gasteiger partial charge in [0.15, 0.2) is 5.96 Å². The molecule has 0 bridgehead atoms. The lowest BCUT2D eigenvalue weighted by Gasteiger charge is -2.37. The number of piperazine rings is 1. The summed E-state index contributed by atoms with van der Waals surface area (Å²) in [6.07, 6.45) is 1.17. The first-order chi connectivity index (χ1) is 14.2. The molecule has 1 aliphatic carbocycles. The van der Waals surface area contributed by atoms with Crippen LogP contribution in [0.25, 0.3) is 0 Å². The number of rotatable bonds is 5. The molecule has 0 aromatic heterocycles. The molecule has 1 amide bonds. The highest BCUT2D eigenvalue weighted by molar-refractivity contribution is 5.81. The number of ether oxygens (including phenoxy) is 1. The second-order valence-electron chi connectivity index (χ2n) is 8.06. The summed E-state index contributed by atoms with van der Waals surface area (Å²) in [7, 11) is 0. The van der Waals surface area contributed by atoms with E-state index in [-0.39, 0.29) is 5.91 Å². The standard InChI is InChI=1S/C22H33N5O2/c1-2-23-22(24-20-16-19(20)18-6-4-3-5-7-18)27-10-8-25(9-11-27)17-21(28)26-12-14-29-15-13-26/h3-7,19-20H,2,8-17H2,1H3,(H,23,24). The van der Waals surface area contributed by atoms with Crippen molar-refractivity contribution >= 4 is 11.9 Å². The highest BCUT2D eigenvalue weighted by atomic mass is 16.5. The Kier molecular flexibility index (Phi) is 6.67. The number of hydrogen-bond donors (Lipinski definition) is 1. The Balaban J connectivity index is 1.25. The summed E-state index contributed by atoms with van der Waals surface area (Å²) in [4.78, 5) is 23.8. The summed E-state index contributed by atoms with van der Waals surface area (Å²) in [5.74, 6) is 1.84. The number of nitrogens with zero attached hydrogens (tertiary/aromatic N) is 4. The van der Waals surface area contributed by atoms with Crippen LogP contribution in [0.15, 0.2) is 35.3 Å². The van der Waals surface area contributed by atoms with Crippen LogP contribution in [0, 0.1) is 0 Å².